The first-order valence-electron chi connectivity index (χ1n) is 13.3. The third-order valence-corrected chi connectivity index (χ3v) is 9.24. The fraction of sp³-hybridized carbons (Fsp3) is 0.156. The quantitative estimate of drug-likeness (QED) is 0.210. The largest absolute Gasteiger partial charge is 0.350 e. The maximum atomic E-state index is 13.8. The molecular formula is C32H26ClFN4O2S2. The molecule has 5 aromatic rings. The van der Waals surface area contributed by atoms with Crippen molar-refractivity contribution in [3.8, 4) is 16.9 Å². The summed E-state index contributed by atoms with van der Waals surface area (Å²) in [7, 11) is 0. The van der Waals surface area contributed by atoms with Crippen molar-refractivity contribution in [2.45, 2.75) is 18.7 Å². The monoisotopic (exact) mass is 616 g/mol. The van der Waals surface area contributed by atoms with Crippen LogP contribution in [0.3, 0.4) is 0 Å². The molecule has 212 valence electrons. The van der Waals surface area contributed by atoms with Crippen LogP contribution >= 0.6 is 34.7 Å². The molecule has 10 heteroatoms. The summed E-state index contributed by atoms with van der Waals surface area (Å²) in [5, 5.41) is 12.5. The summed E-state index contributed by atoms with van der Waals surface area (Å²) < 4.78 is 15.1. The molecule has 6 nitrogen and oxygen atoms in total. The van der Waals surface area contributed by atoms with Gasteiger partial charge >= 0.3 is 0 Å². The van der Waals surface area contributed by atoms with Gasteiger partial charge in [0.05, 0.1) is 22.4 Å². The van der Waals surface area contributed by atoms with E-state index >= 15 is 0 Å². The molecule has 2 aromatic heterocycles. The van der Waals surface area contributed by atoms with Gasteiger partial charge in [-0.15, -0.1) is 11.8 Å². The first-order valence-corrected chi connectivity index (χ1v) is 15.7. The lowest BCUT2D eigenvalue weighted by Crippen LogP contribution is -2.42. The van der Waals surface area contributed by atoms with Crippen LogP contribution < -0.4 is 10.2 Å². The molecule has 1 aliphatic rings. The van der Waals surface area contributed by atoms with Gasteiger partial charge in [-0.3, -0.25) is 14.5 Å². The number of carbonyl (C=O) groups is 2. The van der Waals surface area contributed by atoms with Crippen molar-refractivity contribution in [3.05, 3.63) is 123 Å². The molecule has 3 heterocycles. The third-order valence-electron chi connectivity index (χ3n) is 7.04. The van der Waals surface area contributed by atoms with E-state index in [-0.39, 0.29) is 41.7 Å². The Kier molecular flexibility index (Phi) is 8.15. The van der Waals surface area contributed by atoms with Crippen molar-refractivity contribution in [3.63, 3.8) is 0 Å². The van der Waals surface area contributed by atoms with E-state index in [1.807, 2.05) is 60.8 Å². The summed E-state index contributed by atoms with van der Waals surface area (Å²) in [6.45, 7) is 2.03. The minimum atomic E-state index is -0.341. The van der Waals surface area contributed by atoms with E-state index in [9.17, 15) is 14.0 Å². The van der Waals surface area contributed by atoms with Gasteiger partial charge in [-0.1, -0.05) is 53.6 Å². The van der Waals surface area contributed by atoms with Crippen molar-refractivity contribution in [2.24, 2.45) is 0 Å². The highest BCUT2D eigenvalue weighted by molar-refractivity contribution is 8.00. The summed E-state index contributed by atoms with van der Waals surface area (Å²) in [4.78, 5) is 28.6. The number of halogens is 2. The van der Waals surface area contributed by atoms with Crippen molar-refractivity contribution in [1.82, 2.24) is 15.1 Å². The van der Waals surface area contributed by atoms with E-state index in [0.29, 0.717) is 10.8 Å². The number of fused-ring (bicyclic) bond motifs is 1. The Hall–Kier alpha value is -3.92. The van der Waals surface area contributed by atoms with Crippen LogP contribution in [0, 0.1) is 12.7 Å². The highest BCUT2D eigenvalue weighted by Gasteiger charge is 2.37. The molecule has 0 spiro atoms. The number of hydrogen-bond donors (Lipinski definition) is 1. The molecule has 1 atom stereocenters. The second-order valence-corrected chi connectivity index (χ2v) is 12.3. The lowest BCUT2D eigenvalue weighted by atomic mass is 10.0. The summed E-state index contributed by atoms with van der Waals surface area (Å²) >= 11 is 9.35. The van der Waals surface area contributed by atoms with Crippen LogP contribution in [0.4, 0.5) is 10.2 Å². The number of aryl methyl sites for hydroxylation is 1. The molecule has 0 saturated heterocycles. The predicted molar refractivity (Wildman–Crippen MR) is 168 cm³/mol. The zero-order valence-corrected chi connectivity index (χ0v) is 25.0. The Morgan fingerprint density at radius 2 is 1.79 bits per heavy atom. The molecule has 0 saturated carbocycles. The zero-order chi connectivity index (χ0) is 29.2. The summed E-state index contributed by atoms with van der Waals surface area (Å²) in [5.74, 6) is -0.110. The van der Waals surface area contributed by atoms with E-state index in [2.05, 4.69) is 16.8 Å². The van der Waals surface area contributed by atoms with Gasteiger partial charge in [0.25, 0.3) is 0 Å². The lowest BCUT2D eigenvalue weighted by Gasteiger charge is -2.23. The van der Waals surface area contributed by atoms with Gasteiger partial charge in [0, 0.05) is 22.7 Å². The average molecular weight is 617 g/mol. The maximum absolute atomic E-state index is 13.8. The third kappa shape index (κ3) is 5.86. The molecule has 6 rings (SSSR count). The van der Waals surface area contributed by atoms with E-state index < -0.39 is 0 Å². The van der Waals surface area contributed by atoms with Crippen molar-refractivity contribution in [1.29, 1.82) is 0 Å². The number of rotatable bonds is 7. The number of amides is 2. The number of carbonyl (C=O) groups excluding carboxylic acids is 2. The van der Waals surface area contributed by atoms with Gasteiger partial charge < -0.3 is 5.32 Å². The summed E-state index contributed by atoms with van der Waals surface area (Å²) in [5.41, 5.74) is 6.14. The molecule has 0 aliphatic carbocycles. The van der Waals surface area contributed by atoms with E-state index in [1.165, 1.54) is 23.9 Å². The van der Waals surface area contributed by atoms with Gasteiger partial charge in [-0.05, 0) is 71.3 Å². The number of nitrogens with zero attached hydrogens (tertiary/aromatic N) is 3. The van der Waals surface area contributed by atoms with Gasteiger partial charge in [0.1, 0.15) is 18.2 Å². The fourth-order valence-electron chi connectivity index (χ4n) is 4.90. The highest BCUT2D eigenvalue weighted by atomic mass is 35.5. The number of hydrogen-bond acceptors (Lipinski definition) is 5. The molecule has 3 aromatic carbocycles. The Balaban J connectivity index is 1.48. The standard InChI is InChI=1S/C32H26ClFN4O2S2/c1-20-2-12-26(13-3-20)38-32-29(30(36-38)22-6-8-24(33)9-7-22)31(23-14-15-41-18-23)42-19-28(40)37(32)17-27(39)35-16-21-4-10-25(34)11-5-21/h2-15,18,31H,16-17,19H2,1H3,(H,35,39). The second-order valence-electron chi connectivity index (χ2n) is 9.97. The number of benzene rings is 3. The van der Waals surface area contributed by atoms with Crippen molar-refractivity contribution < 1.29 is 14.0 Å². The Bertz CT molecular complexity index is 1720. The molecule has 1 N–H and O–H groups in total. The van der Waals surface area contributed by atoms with Gasteiger partial charge in [-0.2, -0.15) is 16.4 Å². The molecule has 0 radical (unpaired) electrons. The van der Waals surface area contributed by atoms with Crippen LogP contribution in [0.25, 0.3) is 16.9 Å². The smallest absolute Gasteiger partial charge is 0.240 e. The van der Waals surface area contributed by atoms with E-state index in [1.54, 1.807) is 33.1 Å². The number of anilines is 1. The van der Waals surface area contributed by atoms with Crippen LogP contribution in [0.1, 0.15) is 27.5 Å². The van der Waals surface area contributed by atoms with Gasteiger partial charge in [0.2, 0.25) is 11.8 Å². The molecule has 0 fully saturated rings. The van der Waals surface area contributed by atoms with Crippen LogP contribution in [0.15, 0.2) is 89.6 Å². The minimum absolute atomic E-state index is 0.188. The first-order chi connectivity index (χ1) is 20.4. The van der Waals surface area contributed by atoms with E-state index in [0.717, 1.165) is 39.2 Å². The number of thioether (sulfide) groups is 1. The van der Waals surface area contributed by atoms with Crippen LogP contribution in [-0.2, 0) is 16.1 Å². The van der Waals surface area contributed by atoms with Crippen LogP contribution in [-0.4, -0.2) is 33.9 Å². The highest BCUT2D eigenvalue weighted by Crippen LogP contribution is 2.49. The Morgan fingerprint density at radius 1 is 1.05 bits per heavy atom. The molecular weight excluding hydrogens is 591 g/mol. The molecule has 1 unspecified atom stereocenters. The zero-order valence-electron chi connectivity index (χ0n) is 22.6. The maximum Gasteiger partial charge on any atom is 0.240 e. The normalized spacial score (nSPS) is 14.9. The number of nitrogens with one attached hydrogen (secondary N) is 1. The Labute approximate surface area is 256 Å². The van der Waals surface area contributed by atoms with Crippen LogP contribution in [0.5, 0.6) is 0 Å². The molecule has 0 bridgehead atoms. The van der Waals surface area contributed by atoms with Crippen LogP contribution in [0.2, 0.25) is 5.02 Å². The minimum Gasteiger partial charge on any atom is -0.350 e. The fourth-order valence-corrected chi connectivity index (χ4v) is 6.98. The summed E-state index contributed by atoms with van der Waals surface area (Å²) in [6, 6.07) is 23.4. The summed E-state index contributed by atoms with van der Waals surface area (Å²) in [6.07, 6.45) is 0. The molecule has 1 aliphatic heterocycles. The molecule has 2 amide bonds. The lowest BCUT2D eigenvalue weighted by molar-refractivity contribution is -0.123. The topological polar surface area (TPSA) is 67.2 Å². The number of aromatic nitrogens is 2. The van der Waals surface area contributed by atoms with Crippen molar-refractivity contribution in [2.75, 3.05) is 17.2 Å². The predicted octanol–water partition coefficient (Wildman–Crippen LogP) is 7.19. The first kappa shape index (κ1) is 28.2. The average Bonchev–Trinajstić information content (AvgIpc) is 3.63. The Morgan fingerprint density at radius 3 is 2.48 bits per heavy atom. The number of thiophene rings is 1. The van der Waals surface area contributed by atoms with Crippen molar-refractivity contribution >= 4 is 52.3 Å². The van der Waals surface area contributed by atoms with Gasteiger partial charge in [0.15, 0.2) is 0 Å². The molecule has 42 heavy (non-hydrogen) atoms. The van der Waals surface area contributed by atoms with Gasteiger partial charge in [-0.25, -0.2) is 9.07 Å². The van der Waals surface area contributed by atoms with E-state index in [4.69, 9.17) is 16.7 Å². The SMILES string of the molecule is Cc1ccc(-n2nc(-c3ccc(Cl)cc3)c3c2N(CC(=O)NCc2ccc(F)cc2)C(=O)CSC3c2ccsc2)cc1. The second kappa shape index (κ2) is 12.1.